The number of thiophene rings is 1. The van der Waals surface area contributed by atoms with Crippen molar-refractivity contribution >= 4 is 27.3 Å². The van der Waals surface area contributed by atoms with Crippen LogP contribution >= 0.6 is 27.3 Å². The van der Waals surface area contributed by atoms with Crippen molar-refractivity contribution in [1.29, 1.82) is 0 Å². The molecule has 0 amide bonds. The molecule has 2 heterocycles. The molecule has 0 fully saturated rings. The van der Waals surface area contributed by atoms with Crippen molar-refractivity contribution in [1.82, 2.24) is 10.1 Å². The zero-order valence-electron chi connectivity index (χ0n) is 9.92. The third-order valence-corrected chi connectivity index (χ3v) is 4.08. The van der Waals surface area contributed by atoms with Crippen molar-refractivity contribution in [3.63, 3.8) is 0 Å². The molecule has 0 unspecified atom stereocenters. The highest BCUT2D eigenvalue weighted by atomic mass is 79.9. The first-order chi connectivity index (χ1) is 9.15. The van der Waals surface area contributed by atoms with Gasteiger partial charge in [-0.25, -0.2) is 0 Å². The minimum absolute atomic E-state index is 0.160. The van der Waals surface area contributed by atoms with Crippen molar-refractivity contribution < 1.29 is 9.63 Å². The normalized spacial score (nSPS) is 10.8. The zero-order chi connectivity index (χ0) is 13.4. The van der Waals surface area contributed by atoms with E-state index in [1.54, 1.807) is 11.4 Å². The minimum Gasteiger partial charge on any atom is -0.506 e. The van der Waals surface area contributed by atoms with E-state index in [1.807, 2.05) is 25.1 Å². The van der Waals surface area contributed by atoms with Crippen molar-refractivity contribution in [2.75, 3.05) is 0 Å². The van der Waals surface area contributed by atoms with Crippen LogP contribution in [0.25, 0.3) is 22.2 Å². The molecule has 1 N–H and O–H groups in total. The molecule has 0 saturated carbocycles. The van der Waals surface area contributed by atoms with Crippen LogP contribution in [0, 0.1) is 6.92 Å². The summed E-state index contributed by atoms with van der Waals surface area (Å²) >= 11 is 4.78. The lowest BCUT2D eigenvalue weighted by Gasteiger charge is -2.00. The molecule has 6 heteroatoms. The molecule has 4 nitrogen and oxygen atoms in total. The van der Waals surface area contributed by atoms with Crippen molar-refractivity contribution in [3.8, 4) is 27.9 Å². The smallest absolute Gasteiger partial charge is 0.272 e. The van der Waals surface area contributed by atoms with Crippen molar-refractivity contribution in [2.24, 2.45) is 0 Å². The lowest BCUT2D eigenvalue weighted by atomic mass is 10.1. The van der Waals surface area contributed by atoms with Crippen LogP contribution in [-0.2, 0) is 0 Å². The van der Waals surface area contributed by atoms with Gasteiger partial charge in [0.2, 0.25) is 5.82 Å². The minimum atomic E-state index is 0.160. The SMILES string of the molecule is Cc1cc(Br)ccc1-c1noc(-c2sccc2O)n1. The molecule has 0 aliphatic rings. The van der Waals surface area contributed by atoms with Gasteiger partial charge in [0, 0.05) is 10.0 Å². The maximum atomic E-state index is 9.65. The maximum absolute atomic E-state index is 9.65. The summed E-state index contributed by atoms with van der Waals surface area (Å²) < 4.78 is 6.21. The monoisotopic (exact) mass is 336 g/mol. The van der Waals surface area contributed by atoms with E-state index in [-0.39, 0.29) is 5.75 Å². The second kappa shape index (κ2) is 4.79. The van der Waals surface area contributed by atoms with Gasteiger partial charge in [0.15, 0.2) is 0 Å². The van der Waals surface area contributed by atoms with E-state index >= 15 is 0 Å². The summed E-state index contributed by atoms with van der Waals surface area (Å²) in [6.07, 6.45) is 0. The molecule has 96 valence electrons. The summed E-state index contributed by atoms with van der Waals surface area (Å²) in [7, 11) is 0. The van der Waals surface area contributed by atoms with Gasteiger partial charge in [-0.1, -0.05) is 21.1 Å². The number of benzene rings is 1. The standard InChI is InChI=1S/C13H9BrN2O2S/c1-7-6-8(14)2-3-9(7)12-15-13(18-16-12)11-10(17)4-5-19-11/h2-6,17H,1H3. The number of nitrogens with zero attached hydrogens (tertiary/aromatic N) is 2. The Bertz CT molecular complexity index is 736. The highest BCUT2D eigenvalue weighted by molar-refractivity contribution is 9.10. The number of halogens is 1. The summed E-state index contributed by atoms with van der Waals surface area (Å²) in [6, 6.07) is 7.46. The summed E-state index contributed by atoms with van der Waals surface area (Å²) in [4.78, 5) is 4.92. The van der Waals surface area contributed by atoms with Crippen LogP contribution in [0.4, 0.5) is 0 Å². The average Bonchev–Trinajstić information content (AvgIpc) is 2.97. The molecular formula is C13H9BrN2O2S. The molecule has 2 aromatic heterocycles. The molecule has 0 atom stereocenters. The molecule has 19 heavy (non-hydrogen) atoms. The third kappa shape index (κ3) is 2.29. The molecule has 1 aromatic carbocycles. The highest BCUT2D eigenvalue weighted by Crippen LogP contribution is 2.34. The van der Waals surface area contributed by atoms with Gasteiger partial charge < -0.3 is 9.63 Å². The molecule has 3 rings (SSSR count). The first-order valence-corrected chi connectivity index (χ1v) is 7.19. The maximum Gasteiger partial charge on any atom is 0.272 e. The fraction of sp³-hybridized carbons (Fsp3) is 0.0769. The predicted molar refractivity (Wildman–Crippen MR) is 77.1 cm³/mol. The van der Waals surface area contributed by atoms with Crippen molar-refractivity contribution in [3.05, 3.63) is 39.7 Å². The number of aromatic hydroxyl groups is 1. The van der Waals surface area contributed by atoms with Gasteiger partial charge in [0.05, 0.1) is 0 Å². The Hall–Kier alpha value is -1.66. The van der Waals surface area contributed by atoms with Gasteiger partial charge in [-0.15, -0.1) is 11.3 Å². The van der Waals surface area contributed by atoms with E-state index in [2.05, 4.69) is 26.1 Å². The fourth-order valence-corrected chi connectivity index (χ4v) is 2.95. The Morgan fingerprint density at radius 1 is 1.32 bits per heavy atom. The molecule has 0 bridgehead atoms. The second-order valence-electron chi connectivity index (χ2n) is 4.02. The quantitative estimate of drug-likeness (QED) is 0.760. The highest BCUT2D eigenvalue weighted by Gasteiger charge is 2.16. The molecule has 0 spiro atoms. The van der Waals surface area contributed by atoms with Gasteiger partial charge in [-0.3, -0.25) is 0 Å². The van der Waals surface area contributed by atoms with Crippen LogP contribution in [0.15, 0.2) is 38.6 Å². The molecule has 0 saturated heterocycles. The Labute approximate surface area is 121 Å². The average molecular weight is 337 g/mol. The van der Waals surface area contributed by atoms with Gasteiger partial charge in [-0.05, 0) is 42.1 Å². The Morgan fingerprint density at radius 2 is 2.16 bits per heavy atom. The first kappa shape index (κ1) is 12.4. The van der Waals surface area contributed by atoms with E-state index in [0.29, 0.717) is 16.6 Å². The van der Waals surface area contributed by atoms with Gasteiger partial charge in [0.1, 0.15) is 10.6 Å². The van der Waals surface area contributed by atoms with Crippen LogP contribution in [0.5, 0.6) is 5.75 Å². The Kier molecular flexibility index (Phi) is 3.12. The van der Waals surface area contributed by atoms with Crippen LogP contribution in [0.1, 0.15) is 5.56 Å². The molecule has 0 radical (unpaired) electrons. The number of aromatic nitrogens is 2. The van der Waals surface area contributed by atoms with Crippen LogP contribution in [0.2, 0.25) is 0 Å². The van der Waals surface area contributed by atoms with Crippen LogP contribution < -0.4 is 0 Å². The third-order valence-electron chi connectivity index (χ3n) is 2.69. The molecule has 3 aromatic rings. The Morgan fingerprint density at radius 3 is 2.84 bits per heavy atom. The topological polar surface area (TPSA) is 59.2 Å². The number of rotatable bonds is 2. The van der Waals surface area contributed by atoms with Gasteiger partial charge in [-0.2, -0.15) is 4.98 Å². The lowest BCUT2D eigenvalue weighted by molar-refractivity contribution is 0.427. The summed E-state index contributed by atoms with van der Waals surface area (Å²) in [5.74, 6) is 1.02. The predicted octanol–water partition coefficient (Wildman–Crippen LogP) is 4.24. The van der Waals surface area contributed by atoms with E-state index in [9.17, 15) is 5.11 Å². The summed E-state index contributed by atoms with van der Waals surface area (Å²) in [5, 5.41) is 15.4. The Balaban J connectivity index is 2.04. The van der Waals surface area contributed by atoms with E-state index in [4.69, 9.17) is 4.52 Å². The van der Waals surface area contributed by atoms with Crippen LogP contribution in [0.3, 0.4) is 0 Å². The molecular weight excluding hydrogens is 328 g/mol. The number of hydrogen-bond donors (Lipinski definition) is 1. The number of hydrogen-bond acceptors (Lipinski definition) is 5. The van der Waals surface area contributed by atoms with Gasteiger partial charge >= 0.3 is 0 Å². The largest absolute Gasteiger partial charge is 0.506 e. The fourth-order valence-electron chi connectivity index (χ4n) is 1.77. The van der Waals surface area contributed by atoms with Crippen molar-refractivity contribution in [2.45, 2.75) is 6.92 Å². The number of aryl methyl sites for hydroxylation is 1. The van der Waals surface area contributed by atoms with E-state index < -0.39 is 0 Å². The van der Waals surface area contributed by atoms with Crippen LogP contribution in [-0.4, -0.2) is 15.2 Å². The first-order valence-electron chi connectivity index (χ1n) is 5.52. The van der Waals surface area contributed by atoms with Gasteiger partial charge in [0.25, 0.3) is 5.89 Å². The van der Waals surface area contributed by atoms with E-state index in [1.165, 1.54) is 11.3 Å². The molecule has 0 aliphatic carbocycles. The molecule has 0 aliphatic heterocycles. The zero-order valence-corrected chi connectivity index (χ0v) is 12.3. The summed E-state index contributed by atoms with van der Waals surface area (Å²) in [5.41, 5.74) is 1.96. The lowest BCUT2D eigenvalue weighted by Crippen LogP contribution is -1.85. The van der Waals surface area contributed by atoms with E-state index in [0.717, 1.165) is 15.6 Å². The summed E-state index contributed by atoms with van der Waals surface area (Å²) in [6.45, 7) is 1.98. The second-order valence-corrected chi connectivity index (χ2v) is 5.85.